The SMILES string of the molecule is C#CCCC(=O)Nc1ccc(C(=O)c2ccc(NC(=O)CO/N=C3\CC(c4csc(Br)n4)=C(C)C3O)cc2)cc1. The number of hydrogen-bond donors (Lipinski definition) is 3. The van der Waals surface area contributed by atoms with Crippen molar-refractivity contribution in [2.24, 2.45) is 5.16 Å². The molecule has 0 fully saturated rings. The van der Waals surface area contributed by atoms with Crippen LogP contribution in [0.4, 0.5) is 11.4 Å². The minimum atomic E-state index is -0.891. The predicted octanol–water partition coefficient (Wildman–Crippen LogP) is 5.04. The van der Waals surface area contributed by atoms with Gasteiger partial charge in [-0.2, -0.15) is 0 Å². The van der Waals surface area contributed by atoms with Crippen molar-refractivity contribution in [3.05, 3.63) is 80.2 Å². The van der Waals surface area contributed by atoms with Crippen molar-refractivity contribution in [2.45, 2.75) is 32.3 Å². The molecule has 3 aromatic rings. The number of carbonyl (C=O) groups is 3. The van der Waals surface area contributed by atoms with Gasteiger partial charge in [-0.05, 0) is 82.5 Å². The number of anilines is 2. The lowest BCUT2D eigenvalue weighted by atomic mass is 10.0. The number of halogens is 1. The number of ketones is 1. The van der Waals surface area contributed by atoms with Gasteiger partial charge in [0.2, 0.25) is 5.91 Å². The summed E-state index contributed by atoms with van der Waals surface area (Å²) in [5.74, 6) is 1.58. The summed E-state index contributed by atoms with van der Waals surface area (Å²) in [5.41, 5.74) is 4.77. The molecule has 2 aromatic carbocycles. The van der Waals surface area contributed by atoms with Gasteiger partial charge in [-0.15, -0.1) is 23.7 Å². The Labute approximate surface area is 243 Å². The zero-order chi connectivity index (χ0) is 28.6. The van der Waals surface area contributed by atoms with Gasteiger partial charge in [0.05, 0.1) is 11.4 Å². The van der Waals surface area contributed by atoms with Crippen LogP contribution in [0, 0.1) is 12.3 Å². The summed E-state index contributed by atoms with van der Waals surface area (Å²) in [6.45, 7) is 1.47. The summed E-state index contributed by atoms with van der Waals surface area (Å²) < 4.78 is 0.751. The van der Waals surface area contributed by atoms with Crippen molar-refractivity contribution >= 4 is 67.5 Å². The number of nitrogens with one attached hydrogen (secondary N) is 2. The highest BCUT2D eigenvalue weighted by Gasteiger charge is 2.29. The van der Waals surface area contributed by atoms with Crippen LogP contribution in [0.15, 0.2) is 68.6 Å². The van der Waals surface area contributed by atoms with Gasteiger partial charge in [0.1, 0.15) is 6.10 Å². The number of rotatable bonds is 10. The van der Waals surface area contributed by atoms with Crippen molar-refractivity contribution in [1.29, 1.82) is 0 Å². The van der Waals surface area contributed by atoms with Crippen molar-refractivity contribution in [3.63, 3.8) is 0 Å². The standard InChI is InChI=1S/C29H25BrN4O5S/c1-3-4-5-25(35)31-20-10-6-18(7-11-20)28(38)19-8-12-21(13-9-19)32-26(36)15-39-34-23-14-22(17(2)27(23)37)24-16-40-29(30)33-24/h1,6-13,16,27,37H,4-5,14-15H2,2H3,(H,31,35)(H,32,36)/b34-23+. The molecule has 2 amide bonds. The quantitative estimate of drug-likeness (QED) is 0.165. The largest absolute Gasteiger partial charge is 0.386 e. The molecule has 1 aliphatic carbocycles. The van der Waals surface area contributed by atoms with Crippen molar-refractivity contribution in [3.8, 4) is 12.3 Å². The first-order chi connectivity index (χ1) is 19.2. The summed E-state index contributed by atoms with van der Waals surface area (Å²) in [6, 6.07) is 13.0. The molecule has 1 unspecified atom stereocenters. The second kappa shape index (κ2) is 13.3. The zero-order valence-corrected chi connectivity index (χ0v) is 23.8. The Morgan fingerprint density at radius 3 is 2.25 bits per heavy atom. The molecule has 9 nitrogen and oxygen atoms in total. The number of aliphatic hydroxyl groups is 1. The van der Waals surface area contributed by atoms with Gasteiger partial charge in [0, 0.05) is 47.1 Å². The van der Waals surface area contributed by atoms with Crippen LogP contribution < -0.4 is 10.6 Å². The highest BCUT2D eigenvalue weighted by Crippen LogP contribution is 2.34. The second-order valence-corrected chi connectivity index (χ2v) is 11.0. The van der Waals surface area contributed by atoms with Gasteiger partial charge >= 0.3 is 0 Å². The van der Waals surface area contributed by atoms with Crippen molar-refractivity contribution < 1.29 is 24.3 Å². The number of hydrogen-bond acceptors (Lipinski definition) is 8. The van der Waals surface area contributed by atoms with Gasteiger partial charge in [-0.1, -0.05) is 5.16 Å². The predicted molar refractivity (Wildman–Crippen MR) is 158 cm³/mol. The molecule has 3 N–H and O–H groups in total. The Bertz CT molecular complexity index is 1520. The third kappa shape index (κ3) is 7.30. The van der Waals surface area contributed by atoms with E-state index in [0.717, 1.165) is 20.8 Å². The third-order valence-corrected chi connectivity index (χ3v) is 7.45. The number of oxime groups is 1. The van der Waals surface area contributed by atoms with Crippen LogP contribution >= 0.6 is 27.3 Å². The first-order valence-corrected chi connectivity index (χ1v) is 13.9. The monoisotopic (exact) mass is 620 g/mol. The van der Waals surface area contributed by atoms with E-state index in [-0.39, 0.29) is 24.7 Å². The number of amides is 2. The number of thiazole rings is 1. The Morgan fingerprint density at radius 1 is 1.10 bits per heavy atom. The molecule has 40 heavy (non-hydrogen) atoms. The molecule has 4 rings (SSSR count). The summed E-state index contributed by atoms with van der Waals surface area (Å²) in [4.78, 5) is 46.5. The van der Waals surface area contributed by atoms with Crippen LogP contribution in [-0.2, 0) is 14.4 Å². The fourth-order valence-corrected chi connectivity index (χ4v) is 4.98. The van der Waals surface area contributed by atoms with Crippen molar-refractivity contribution in [2.75, 3.05) is 17.2 Å². The van der Waals surface area contributed by atoms with E-state index in [4.69, 9.17) is 11.3 Å². The van der Waals surface area contributed by atoms with E-state index in [9.17, 15) is 19.5 Å². The smallest absolute Gasteiger partial charge is 0.265 e. The molecule has 0 spiro atoms. The van der Waals surface area contributed by atoms with Crippen LogP contribution in [0.2, 0.25) is 0 Å². The maximum atomic E-state index is 12.8. The fraction of sp³-hybridized carbons (Fsp3) is 0.207. The topological polar surface area (TPSA) is 130 Å². The van der Waals surface area contributed by atoms with E-state index in [1.165, 1.54) is 11.3 Å². The lowest BCUT2D eigenvalue weighted by Crippen LogP contribution is -2.19. The number of terminal acetylenes is 1. The van der Waals surface area contributed by atoms with Crippen LogP contribution in [-0.4, -0.2) is 46.1 Å². The van der Waals surface area contributed by atoms with E-state index >= 15 is 0 Å². The van der Waals surface area contributed by atoms with Gasteiger partial charge in [-0.25, -0.2) is 4.98 Å². The number of aliphatic hydroxyl groups excluding tert-OH is 1. The Kier molecular flexibility index (Phi) is 9.60. The normalized spacial score (nSPS) is 15.6. The molecular weight excluding hydrogens is 596 g/mol. The fourth-order valence-electron chi connectivity index (χ4n) is 3.95. The number of carbonyl (C=O) groups excluding carboxylic acids is 3. The molecule has 204 valence electrons. The molecule has 1 aromatic heterocycles. The number of aromatic nitrogens is 1. The van der Waals surface area contributed by atoms with Crippen LogP contribution in [0.1, 0.15) is 47.8 Å². The minimum Gasteiger partial charge on any atom is -0.386 e. The molecule has 0 saturated carbocycles. The van der Waals surface area contributed by atoms with E-state index in [0.29, 0.717) is 41.1 Å². The molecule has 1 heterocycles. The Morgan fingerprint density at radius 2 is 1.70 bits per heavy atom. The molecule has 11 heteroatoms. The van der Waals surface area contributed by atoms with Gasteiger partial charge < -0.3 is 20.6 Å². The lowest BCUT2D eigenvalue weighted by Gasteiger charge is -2.08. The maximum Gasteiger partial charge on any atom is 0.265 e. The highest BCUT2D eigenvalue weighted by molar-refractivity contribution is 9.11. The third-order valence-electron chi connectivity index (χ3n) is 6.08. The van der Waals surface area contributed by atoms with Gasteiger partial charge in [-0.3, -0.25) is 14.4 Å². The lowest BCUT2D eigenvalue weighted by molar-refractivity contribution is -0.120. The number of allylic oxidation sites excluding steroid dienone is 1. The van der Waals surface area contributed by atoms with Gasteiger partial charge in [0.25, 0.3) is 5.91 Å². The van der Waals surface area contributed by atoms with Crippen LogP contribution in [0.3, 0.4) is 0 Å². The second-order valence-electron chi connectivity index (χ2n) is 8.87. The minimum absolute atomic E-state index is 0.190. The number of benzene rings is 2. The Hall–Kier alpha value is -4.11. The molecule has 0 aliphatic heterocycles. The zero-order valence-electron chi connectivity index (χ0n) is 21.4. The van der Waals surface area contributed by atoms with Gasteiger partial charge in [0.15, 0.2) is 16.3 Å². The molecule has 0 radical (unpaired) electrons. The first kappa shape index (κ1) is 28.9. The highest BCUT2D eigenvalue weighted by atomic mass is 79.9. The maximum absolute atomic E-state index is 12.8. The van der Waals surface area contributed by atoms with E-state index in [2.05, 4.69) is 42.6 Å². The molecular formula is C29H25BrN4O5S. The summed E-state index contributed by atoms with van der Waals surface area (Å²) in [5, 5.41) is 21.8. The van der Waals surface area contributed by atoms with E-state index < -0.39 is 12.0 Å². The molecule has 1 atom stereocenters. The Balaban J connectivity index is 1.26. The molecule has 0 saturated heterocycles. The number of nitrogens with zero attached hydrogens (tertiary/aromatic N) is 2. The van der Waals surface area contributed by atoms with Crippen molar-refractivity contribution in [1.82, 2.24) is 4.98 Å². The summed E-state index contributed by atoms with van der Waals surface area (Å²) in [7, 11) is 0. The van der Waals surface area contributed by atoms with Crippen LogP contribution in [0.25, 0.3) is 5.57 Å². The summed E-state index contributed by atoms with van der Waals surface area (Å²) in [6.07, 6.45) is 5.25. The molecule has 1 aliphatic rings. The van der Waals surface area contributed by atoms with E-state index in [1.807, 2.05) is 12.3 Å². The average Bonchev–Trinajstić information content (AvgIpc) is 3.50. The van der Waals surface area contributed by atoms with Crippen LogP contribution in [0.5, 0.6) is 0 Å². The van der Waals surface area contributed by atoms with E-state index in [1.54, 1.807) is 48.5 Å². The first-order valence-electron chi connectivity index (χ1n) is 12.2. The average molecular weight is 622 g/mol. The summed E-state index contributed by atoms with van der Waals surface area (Å²) >= 11 is 4.79. The molecule has 0 bridgehead atoms.